The van der Waals surface area contributed by atoms with Gasteiger partial charge in [0.1, 0.15) is 11.3 Å². The third-order valence-corrected chi connectivity index (χ3v) is 4.21. The Balaban J connectivity index is 2.01. The lowest BCUT2D eigenvalue weighted by atomic mass is 10.2. The maximum absolute atomic E-state index is 12.2. The Morgan fingerprint density at radius 2 is 1.72 bits per heavy atom. The fraction of sp³-hybridized carbons (Fsp3) is 0.100. The molecule has 0 atom stereocenters. The predicted molar refractivity (Wildman–Crippen MR) is 107 cm³/mol. The van der Waals surface area contributed by atoms with E-state index in [9.17, 15) is 24.6 Å². The number of nitrogens with zero attached hydrogens (tertiary/aromatic N) is 2. The normalized spacial score (nSPS) is 11.3. The highest BCUT2D eigenvalue weighted by Crippen LogP contribution is 2.18. The Morgan fingerprint density at radius 3 is 2.38 bits per heavy atom. The van der Waals surface area contributed by atoms with Gasteiger partial charge in [0.2, 0.25) is 5.88 Å². The van der Waals surface area contributed by atoms with Crippen molar-refractivity contribution < 1.29 is 15.0 Å². The van der Waals surface area contributed by atoms with Crippen molar-refractivity contribution in [3.05, 3.63) is 86.1 Å². The van der Waals surface area contributed by atoms with Crippen LogP contribution in [0.3, 0.4) is 0 Å². The maximum atomic E-state index is 12.2. The molecule has 0 aliphatic rings. The standard InChI is InChI=1S/C20H18N4O5/c1-11-7-9-13(10-8-11)24-19(28)16(18(27)21-20(24)29)12(2)22-23-17(26)14-5-3-4-6-15(14)25/h3-10,25,28H,1-2H3,(H,23,26)(H,21,27,29). The number of benzene rings is 2. The zero-order chi connectivity index (χ0) is 21.1. The molecule has 1 amide bonds. The van der Waals surface area contributed by atoms with Gasteiger partial charge in [0.15, 0.2) is 0 Å². The van der Waals surface area contributed by atoms with Crippen LogP contribution in [0.1, 0.15) is 28.4 Å². The molecule has 3 aromatic rings. The van der Waals surface area contributed by atoms with E-state index in [1.54, 1.807) is 36.4 Å². The number of phenolic OH excluding ortho intramolecular Hbond substituents is 1. The van der Waals surface area contributed by atoms with Crippen molar-refractivity contribution in [3.8, 4) is 17.3 Å². The minimum absolute atomic E-state index is 0.00759. The van der Waals surface area contributed by atoms with Crippen LogP contribution in [0.25, 0.3) is 5.69 Å². The lowest BCUT2D eigenvalue weighted by Crippen LogP contribution is -2.33. The van der Waals surface area contributed by atoms with Gasteiger partial charge in [-0.25, -0.2) is 14.8 Å². The van der Waals surface area contributed by atoms with E-state index in [4.69, 9.17) is 0 Å². The molecule has 9 heteroatoms. The van der Waals surface area contributed by atoms with Gasteiger partial charge in [0.05, 0.1) is 17.0 Å². The number of aromatic amines is 1. The van der Waals surface area contributed by atoms with Crippen LogP contribution in [-0.4, -0.2) is 31.4 Å². The van der Waals surface area contributed by atoms with Gasteiger partial charge >= 0.3 is 5.69 Å². The molecule has 0 saturated heterocycles. The summed E-state index contributed by atoms with van der Waals surface area (Å²) in [5.41, 5.74) is 1.53. The number of aromatic nitrogens is 2. The van der Waals surface area contributed by atoms with Crippen molar-refractivity contribution in [1.82, 2.24) is 15.0 Å². The van der Waals surface area contributed by atoms with Gasteiger partial charge in [-0.1, -0.05) is 29.8 Å². The second-order valence-electron chi connectivity index (χ2n) is 6.28. The Morgan fingerprint density at radius 1 is 1.07 bits per heavy atom. The second kappa shape index (κ2) is 7.85. The molecule has 4 N–H and O–H groups in total. The van der Waals surface area contributed by atoms with Crippen molar-refractivity contribution in [2.45, 2.75) is 13.8 Å². The topological polar surface area (TPSA) is 137 Å². The van der Waals surface area contributed by atoms with E-state index in [1.807, 2.05) is 6.92 Å². The number of phenols is 1. The highest BCUT2D eigenvalue weighted by molar-refractivity contribution is 6.02. The molecular weight excluding hydrogens is 376 g/mol. The van der Waals surface area contributed by atoms with E-state index in [0.717, 1.165) is 10.1 Å². The molecule has 1 heterocycles. The SMILES string of the molecule is CC(=NNC(=O)c1ccccc1O)c1c(O)n(-c2ccc(C)cc2)c(=O)[nH]c1=O. The third kappa shape index (κ3) is 3.93. The first kappa shape index (κ1) is 19.6. The second-order valence-corrected chi connectivity index (χ2v) is 6.28. The van der Waals surface area contributed by atoms with Crippen molar-refractivity contribution >= 4 is 11.6 Å². The Labute approximate surface area is 164 Å². The van der Waals surface area contributed by atoms with Crippen LogP contribution in [0.4, 0.5) is 0 Å². The number of amides is 1. The fourth-order valence-corrected chi connectivity index (χ4v) is 2.70. The number of nitrogens with one attached hydrogen (secondary N) is 2. The van der Waals surface area contributed by atoms with Crippen molar-refractivity contribution in [1.29, 1.82) is 0 Å². The van der Waals surface area contributed by atoms with E-state index in [-0.39, 0.29) is 22.6 Å². The summed E-state index contributed by atoms with van der Waals surface area (Å²) in [5, 5.41) is 24.1. The summed E-state index contributed by atoms with van der Waals surface area (Å²) < 4.78 is 0.931. The first-order valence-electron chi connectivity index (χ1n) is 8.58. The van der Waals surface area contributed by atoms with Gasteiger partial charge in [-0.15, -0.1) is 0 Å². The van der Waals surface area contributed by atoms with E-state index in [2.05, 4.69) is 15.5 Å². The monoisotopic (exact) mass is 394 g/mol. The molecule has 9 nitrogen and oxygen atoms in total. The number of aryl methyl sites for hydroxylation is 1. The van der Waals surface area contributed by atoms with Crippen LogP contribution in [-0.2, 0) is 0 Å². The lowest BCUT2D eigenvalue weighted by Gasteiger charge is -2.11. The summed E-state index contributed by atoms with van der Waals surface area (Å²) in [5.74, 6) is -1.54. The van der Waals surface area contributed by atoms with Gasteiger partial charge in [-0.3, -0.25) is 14.6 Å². The average Bonchev–Trinajstić information content (AvgIpc) is 2.67. The highest BCUT2D eigenvalue weighted by Gasteiger charge is 2.18. The zero-order valence-electron chi connectivity index (χ0n) is 15.6. The van der Waals surface area contributed by atoms with Crippen molar-refractivity contribution in [2.75, 3.05) is 0 Å². The number of carbonyl (C=O) groups excluding carboxylic acids is 1. The predicted octanol–water partition coefficient (Wildman–Crippen LogP) is 1.40. The van der Waals surface area contributed by atoms with Gasteiger partial charge in [-0.2, -0.15) is 5.10 Å². The minimum Gasteiger partial charge on any atom is -0.507 e. The Hall–Kier alpha value is -4.14. The molecule has 0 radical (unpaired) electrons. The number of para-hydroxylation sites is 1. The molecule has 148 valence electrons. The molecule has 29 heavy (non-hydrogen) atoms. The maximum Gasteiger partial charge on any atom is 0.335 e. The first-order chi connectivity index (χ1) is 13.8. The molecule has 3 rings (SSSR count). The third-order valence-electron chi connectivity index (χ3n) is 4.21. The number of aromatic hydroxyl groups is 2. The van der Waals surface area contributed by atoms with Crippen LogP contribution in [0.2, 0.25) is 0 Å². The van der Waals surface area contributed by atoms with Crippen LogP contribution >= 0.6 is 0 Å². The number of hydrogen-bond donors (Lipinski definition) is 4. The molecular formula is C20H18N4O5. The quantitative estimate of drug-likeness (QED) is 0.392. The molecule has 0 saturated carbocycles. The summed E-state index contributed by atoms with van der Waals surface area (Å²) in [6.45, 7) is 3.26. The molecule has 2 aromatic carbocycles. The van der Waals surface area contributed by atoms with Crippen LogP contribution < -0.4 is 16.7 Å². The smallest absolute Gasteiger partial charge is 0.335 e. The van der Waals surface area contributed by atoms with E-state index in [1.165, 1.54) is 19.1 Å². The van der Waals surface area contributed by atoms with Crippen LogP contribution in [0.15, 0.2) is 63.2 Å². The summed E-state index contributed by atoms with van der Waals surface area (Å²) in [4.78, 5) is 38.8. The van der Waals surface area contributed by atoms with Crippen LogP contribution in [0, 0.1) is 6.92 Å². The first-order valence-corrected chi connectivity index (χ1v) is 8.58. The summed E-state index contributed by atoms with van der Waals surface area (Å²) in [6.07, 6.45) is 0. The number of hydrazone groups is 1. The zero-order valence-corrected chi connectivity index (χ0v) is 15.6. The number of H-pyrrole nitrogens is 1. The molecule has 1 aromatic heterocycles. The average molecular weight is 394 g/mol. The Kier molecular flexibility index (Phi) is 5.31. The van der Waals surface area contributed by atoms with Crippen molar-refractivity contribution in [2.24, 2.45) is 5.10 Å². The molecule has 0 bridgehead atoms. The fourth-order valence-electron chi connectivity index (χ4n) is 2.70. The van der Waals surface area contributed by atoms with Gasteiger partial charge in [0, 0.05) is 0 Å². The minimum atomic E-state index is -0.853. The number of hydrogen-bond acceptors (Lipinski definition) is 6. The van der Waals surface area contributed by atoms with E-state index in [0.29, 0.717) is 5.69 Å². The molecule has 0 fully saturated rings. The summed E-state index contributed by atoms with van der Waals surface area (Å²) in [7, 11) is 0. The summed E-state index contributed by atoms with van der Waals surface area (Å²) in [6, 6.07) is 12.6. The molecule has 0 aliphatic heterocycles. The largest absolute Gasteiger partial charge is 0.507 e. The van der Waals surface area contributed by atoms with Gasteiger partial charge < -0.3 is 10.2 Å². The number of carbonyl (C=O) groups is 1. The Bertz CT molecular complexity index is 1220. The van der Waals surface area contributed by atoms with Crippen LogP contribution in [0.5, 0.6) is 11.6 Å². The van der Waals surface area contributed by atoms with E-state index >= 15 is 0 Å². The van der Waals surface area contributed by atoms with Gasteiger partial charge in [0.25, 0.3) is 11.5 Å². The number of rotatable bonds is 4. The molecule has 0 unspecified atom stereocenters. The molecule has 0 spiro atoms. The highest BCUT2D eigenvalue weighted by atomic mass is 16.3. The summed E-state index contributed by atoms with van der Waals surface area (Å²) >= 11 is 0. The van der Waals surface area contributed by atoms with E-state index < -0.39 is 23.0 Å². The van der Waals surface area contributed by atoms with Crippen molar-refractivity contribution in [3.63, 3.8) is 0 Å². The lowest BCUT2D eigenvalue weighted by molar-refractivity contribution is 0.0952. The molecule has 0 aliphatic carbocycles. The van der Waals surface area contributed by atoms with Gasteiger partial charge in [-0.05, 0) is 38.1 Å².